The molecule has 1 aliphatic carbocycles. The van der Waals surface area contributed by atoms with Crippen molar-refractivity contribution in [2.45, 2.75) is 46.0 Å². The number of hydrogen-bond donors (Lipinski definition) is 3. The minimum Gasteiger partial charge on any atom is -0.356 e. The summed E-state index contributed by atoms with van der Waals surface area (Å²) in [4.78, 5) is 36.9. The Labute approximate surface area is 155 Å². The van der Waals surface area contributed by atoms with Crippen LogP contribution in [0.5, 0.6) is 0 Å². The normalized spacial score (nSPS) is 19.5. The van der Waals surface area contributed by atoms with Gasteiger partial charge in [-0.25, -0.2) is 0 Å². The van der Waals surface area contributed by atoms with Crippen LogP contribution >= 0.6 is 0 Å². The molecule has 0 radical (unpaired) electrons. The summed E-state index contributed by atoms with van der Waals surface area (Å²) in [6.07, 6.45) is 4.30. The summed E-state index contributed by atoms with van der Waals surface area (Å²) in [6.45, 7) is 4.51. The number of aryl methyl sites for hydroxylation is 1. The first kappa shape index (κ1) is 19.9. The zero-order chi connectivity index (χ0) is 19.1. The Kier molecular flexibility index (Phi) is 7.18. The second-order valence-electron chi connectivity index (χ2n) is 6.89. The number of hydrogen-bond acceptors (Lipinski definition) is 3. The smallest absolute Gasteiger partial charge is 0.251 e. The summed E-state index contributed by atoms with van der Waals surface area (Å²) in [5.74, 6) is -0.860. The molecule has 2 rings (SSSR count). The maximum atomic E-state index is 12.8. The minimum absolute atomic E-state index is 0.0154. The molecule has 3 amide bonds. The molecule has 26 heavy (non-hydrogen) atoms. The first-order valence-corrected chi connectivity index (χ1v) is 9.39. The number of amides is 3. The quantitative estimate of drug-likeness (QED) is 0.730. The molecule has 142 valence electrons. The average Bonchev–Trinajstić information content (AvgIpc) is 2.66. The highest BCUT2D eigenvalue weighted by molar-refractivity contribution is 5.98. The monoisotopic (exact) mass is 359 g/mol. The molecule has 0 heterocycles. The number of carbonyl (C=O) groups is 3. The molecule has 1 saturated carbocycles. The van der Waals surface area contributed by atoms with Gasteiger partial charge < -0.3 is 16.0 Å². The topological polar surface area (TPSA) is 87.3 Å². The van der Waals surface area contributed by atoms with Crippen molar-refractivity contribution in [3.05, 3.63) is 29.3 Å². The summed E-state index contributed by atoms with van der Waals surface area (Å²) in [5.41, 5.74) is 2.06. The second-order valence-corrected chi connectivity index (χ2v) is 6.89. The summed E-state index contributed by atoms with van der Waals surface area (Å²) < 4.78 is 0. The van der Waals surface area contributed by atoms with Crippen molar-refractivity contribution in [2.75, 3.05) is 18.9 Å². The molecule has 1 aliphatic rings. The Morgan fingerprint density at radius 2 is 1.73 bits per heavy atom. The van der Waals surface area contributed by atoms with E-state index in [0.717, 1.165) is 37.7 Å². The van der Waals surface area contributed by atoms with Gasteiger partial charge in [0.25, 0.3) is 5.91 Å². The highest BCUT2D eigenvalue weighted by Gasteiger charge is 2.35. The summed E-state index contributed by atoms with van der Waals surface area (Å²) in [5, 5.41) is 8.46. The number of benzene rings is 1. The molecule has 6 nitrogen and oxygen atoms in total. The first-order chi connectivity index (χ1) is 12.5. The van der Waals surface area contributed by atoms with E-state index in [0.29, 0.717) is 17.8 Å². The molecule has 0 spiro atoms. The van der Waals surface area contributed by atoms with Gasteiger partial charge in [-0.1, -0.05) is 19.8 Å². The fraction of sp³-hybridized carbons (Fsp3) is 0.550. The van der Waals surface area contributed by atoms with E-state index in [-0.39, 0.29) is 29.6 Å². The third kappa shape index (κ3) is 4.84. The SMILES string of the molecule is CCCNC(=O)[C@@H]1CCCC[C@@H]1C(=O)Nc1ccc(C(=O)NC)cc1C. The average molecular weight is 359 g/mol. The van der Waals surface area contributed by atoms with Gasteiger partial charge >= 0.3 is 0 Å². The molecule has 6 heteroatoms. The van der Waals surface area contributed by atoms with E-state index in [1.54, 1.807) is 25.2 Å². The van der Waals surface area contributed by atoms with Crippen LogP contribution in [0.4, 0.5) is 5.69 Å². The molecule has 2 atom stereocenters. The maximum Gasteiger partial charge on any atom is 0.251 e. The number of rotatable bonds is 6. The van der Waals surface area contributed by atoms with Crippen molar-refractivity contribution >= 4 is 23.4 Å². The zero-order valence-electron chi connectivity index (χ0n) is 15.9. The second kappa shape index (κ2) is 9.36. The zero-order valence-corrected chi connectivity index (χ0v) is 15.9. The van der Waals surface area contributed by atoms with Crippen LogP contribution in [0, 0.1) is 18.8 Å². The lowest BCUT2D eigenvalue weighted by atomic mass is 9.78. The Hall–Kier alpha value is -2.37. The van der Waals surface area contributed by atoms with Crippen molar-refractivity contribution in [2.24, 2.45) is 11.8 Å². The van der Waals surface area contributed by atoms with Gasteiger partial charge in [0, 0.05) is 36.7 Å². The van der Waals surface area contributed by atoms with Gasteiger partial charge in [0.2, 0.25) is 11.8 Å². The third-order valence-electron chi connectivity index (χ3n) is 4.96. The minimum atomic E-state index is -0.307. The van der Waals surface area contributed by atoms with Crippen LogP contribution in [0.3, 0.4) is 0 Å². The predicted molar refractivity (Wildman–Crippen MR) is 102 cm³/mol. The number of anilines is 1. The van der Waals surface area contributed by atoms with Crippen molar-refractivity contribution in [1.82, 2.24) is 10.6 Å². The van der Waals surface area contributed by atoms with E-state index in [2.05, 4.69) is 16.0 Å². The largest absolute Gasteiger partial charge is 0.356 e. The molecule has 0 saturated heterocycles. The van der Waals surface area contributed by atoms with Crippen molar-refractivity contribution in [1.29, 1.82) is 0 Å². The fourth-order valence-electron chi connectivity index (χ4n) is 3.45. The molecule has 1 aromatic rings. The maximum absolute atomic E-state index is 12.8. The molecule has 0 unspecified atom stereocenters. The van der Waals surface area contributed by atoms with Crippen LogP contribution in [0.1, 0.15) is 54.9 Å². The van der Waals surface area contributed by atoms with Crippen LogP contribution < -0.4 is 16.0 Å². The molecular formula is C20H29N3O3. The lowest BCUT2D eigenvalue weighted by molar-refractivity contribution is -0.134. The van der Waals surface area contributed by atoms with Crippen LogP contribution in [-0.4, -0.2) is 31.3 Å². The van der Waals surface area contributed by atoms with E-state index < -0.39 is 0 Å². The molecule has 1 fully saturated rings. The van der Waals surface area contributed by atoms with Crippen LogP contribution in [-0.2, 0) is 9.59 Å². The van der Waals surface area contributed by atoms with Crippen LogP contribution in [0.15, 0.2) is 18.2 Å². The van der Waals surface area contributed by atoms with Crippen molar-refractivity contribution in [3.63, 3.8) is 0 Å². The molecule has 0 bridgehead atoms. The number of nitrogens with one attached hydrogen (secondary N) is 3. The number of carbonyl (C=O) groups excluding carboxylic acids is 3. The molecule has 0 aromatic heterocycles. The Bertz CT molecular complexity index is 672. The summed E-state index contributed by atoms with van der Waals surface area (Å²) >= 11 is 0. The highest BCUT2D eigenvalue weighted by Crippen LogP contribution is 2.31. The van der Waals surface area contributed by atoms with E-state index in [1.807, 2.05) is 13.8 Å². The van der Waals surface area contributed by atoms with Gasteiger partial charge in [-0.2, -0.15) is 0 Å². The van der Waals surface area contributed by atoms with E-state index >= 15 is 0 Å². The lowest BCUT2D eigenvalue weighted by Gasteiger charge is -2.29. The van der Waals surface area contributed by atoms with Gasteiger partial charge in [-0.15, -0.1) is 0 Å². The first-order valence-electron chi connectivity index (χ1n) is 9.39. The van der Waals surface area contributed by atoms with Gasteiger partial charge in [0.1, 0.15) is 0 Å². The molecule has 0 aliphatic heterocycles. The molecular weight excluding hydrogens is 330 g/mol. The standard InChI is InChI=1S/C20H29N3O3/c1-4-11-22-19(25)15-7-5-6-8-16(15)20(26)23-17-10-9-14(12-13(17)2)18(24)21-3/h9-10,12,15-16H,4-8,11H2,1-3H3,(H,21,24)(H,22,25)(H,23,26)/t15-,16+/m1/s1. The van der Waals surface area contributed by atoms with Crippen LogP contribution in [0.2, 0.25) is 0 Å². The summed E-state index contributed by atoms with van der Waals surface area (Å²) in [6, 6.07) is 5.18. The van der Waals surface area contributed by atoms with E-state index in [4.69, 9.17) is 0 Å². The van der Waals surface area contributed by atoms with Gasteiger partial charge in [-0.3, -0.25) is 14.4 Å². The van der Waals surface area contributed by atoms with Crippen molar-refractivity contribution < 1.29 is 14.4 Å². The predicted octanol–water partition coefficient (Wildman–Crippen LogP) is 2.63. The molecule has 1 aromatic carbocycles. The fourth-order valence-corrected chi connectivity index (χ4v) is 3.45. The van der Waals surface area contributed by atoms with E-state index in [1.165, 1.54) is 0 Å². The molecule has 3 N–H and O–H groups in total. The van der Waals surface area contributed by atoms with Crippen LogP contribution in [0.25, 0.3) is 0 Å². The summed E-state index contributed by atoms with van der Waals surface area (Å²) in [7, 11) is 1.58. The van der Waals surface area contributed by atoms with Gasteiger partial charge in [-0.05, 0) is 49.9 Å². The van der Waals surface area contributed by atoms with E-state index in [9.17, 15) is 14.4 Å². The third-order valence-corrected chi connectivity index (χ3v) is 4.96. The van der Waals surface area contributed by atoms with Gasteiger partial charge in [0.15, 0.2) is 0 Å². The highest BCUT2D eigenvalue weighted by atomic mass is 16.2. The Morgan fingerprint density at radius 1 is 1.08 bits per heavy atom. The Morgan fingerprint density at radius 3 is 2.31 bits per heavy atom. The Balaban J connectivity index is 2.09. The lowest BCUT2D eigenvalue weighted by Crippen LogP contribution is -2.41. The van der Waals surface area contributed by atoms with Gasteiger partial charge in [0.05, 0.1) is 0 Å². The van der Waals surface area contributed by atoms with Crippen molar-refractivity contribution in [3.8, 4) is 0 Å².